The molecule has 4 nitrogen and oxygen atoms in total. The Morgan fingerprint density at radius 2 is 2.19 bits per heavy atom. The lowest BCUT2D eigenvalue weighted by atomic mass is 10.0. The average molecular weight is 226 g/mol. The van der Waals surface area contributed by atoms with Crippen LogP contribution in [0.25, 0.3) is 0 Å². The van der Waals surface area contributed by atoms with Crippen LogP contribution < -0.4 is 14.2 Å². The third-order valence-corrected chi connectivity index (χ3v) is 2.98. The molecule has 1 fully saturated rings. The summed E-state index contributed by atoms with van der Waals surface area (Å²) in [6.45, 7) is 0.0466. The Morgan fingerprint density at radius 3 is 2.81 bits per heavy atom. The summed E-state index contributed by atoms with van der Waals surface area (Å²) < 4.78 is 29.3. The molecule has 0 spiro atoms. The Kier molecular flexibility index (Phi) is 1.83. The number of rotatable bonds is 2. The van der Waals surface area contributed by atoms with E-state index < -0.39 is 11.4 Å². The molecule has 1 N–H and O–H groups in total. The van der Waals surface area contributed by atoms with Crippen LogP contribution in [0.2, 0.25) is 0 Å². The summed E-state index contributed by atoms with van der Waals surface area (Å²) in [5, 5.41) is 10.0. The standard InChI is InChI=1S/C11H11FO4/c1-14-6-4-7-10(16-5-15-7)8(9(6)12)11(13)2-3-11/h4,13H,2-3,5H2,1H3. The van der Waals surface area contributed by atoms with Crippen LogP contribution in [0.1, 0.15) is 18.4 Å². The van der Waals surface area contributed by atoms with Crippen molar-refractivity contribution >= 4 is 0 Å². The summed E-state index contributed by atoms with van der Waals surface area (Å²) in [6, 6.07) is 1.44. The van der Waals surface area contributed by atoms with Crippen molar-refractivity contribution < 1.29 is 23.7 Å². The second kappa shape index (κ2) is 3.01. The average Bonchev–Trinajstić information content (AvgIpc) is 2.84. The van der Waals surface area contributed by atoms with E-state index in [1.807, 2.05) is 0 Å². The van der Waals surface area contributed by atoms with Gasteiger partial charge in [-0.1, -0.05) is 0 Å². The van der Waals surface area contributed by atoms with Gasteiger partial charge in [-0.05, 0) is 12.8 Å². The molecule has 0 amide bonds. The summed E-state index contributed by atoms with van der Waals surface area (Å²) >= 11 is 0. The molecule has 0 atom stereocenters. The number of hydrogen-bond acceptors (Lipinski definition) is 4. The van der Waals surface area contributed by atoms with Crippen LogP contribution >= 0.6 is 0 Å². The van der Waals surface area contributed by atoms with Gasteiger partial charge in [0, 0.05) is 6.07 Å². The number of methoxy groups -OCH3 is 1. The largest absolute Gasteiger partial charge is 0.494 e. The van der Waals surface area contributed by atoms with Crippen LogP contribution in [-0.4, -0.2) is 19.0 Å². The number of halogens is 1. The zero-order chi connectivity index (χ0) is 11.3. The highest BCUT2D eigenvalue weighted by molar-refractivity contribution is 5.57. The zero-order valence-corrected chi connectivity index (χ0v) is 8.75. The quantitative estimate of drug-likeness (QED) is 0.831. The van der Waals surface area contributed by atoms with Crippen molar-refractivity contribution in [2.24, 2.45) is 0 Å². The molecular formula is C11H11FO4. The van der Waals surface area contributed by atoms with Gasteiger partial charge in [-0.25, -0.2) is 4.39 Å². The van der Waals surface area contributed by atoms with Crippen molar-refractivity contribution in [3.8, 4) is 17.2 Å². The Labute approximate surface area is 91.5 Å². The fraction of sp³-hybridized carbons (Fsp3) is 0.455. The van der Waals surface area contributed by atoms with E-state index in [4.69, 9.17) is 14.2 Å². The summed E-state index contributed by atoms with van der Waals surface area (Å²) in [6.07, 6.45) is 1.07. The minimum absolute atomic E-state index is 0.0466. The van der Waals surface area contributed by atoms with Crippen molar-refractivity contribution in [1.29, 1.82) is 0 Å². The van der Waals surface area contributed by atoms with Crippen LogP contribution in [0.15, 0.2) is 6.07 Å². The van der Waals surface area contributed by atoms with Gasteiger partial charge in [-0.15, -0.1) is 0 Å². The van der Waals surface area contributed by atoms with E-state index >= 15 is 0 Å². The monoisotopic (exact) mass is 226 g/mol. The van der Waals surface area contributed by atoms with E-state index in [0.29, 0.717) is 24.3 Å². The van der Waals surface area contributed by atoms with Gasteiger partial charge in [0.1, 0.15) is 0 Å². The Hall–Kier alpha value is -1.49. The topological polar surface area (TPSA) is 47.9 Å². The van der Waals surface area contributed by atoms with Gasteiger partial charge in [0.2, 0.25) is 6.79 Å². The summed E-state index contributed by atoms with van der Waals surface area (Å²) in [5.41, 5.74) is -0.949. The van der Waals surface area contributed by atoms with Crippen molar-refractivity contribution in [3.05, 3.63) is 17.4 Å². The second-order valence-electron chi connectivity index (χ2n) is 4.03. The van der Waals surface area contributed by atoms with Crippen molar-refractivity contribution in [2.75, 3.05) is 13.9 Å². The highest BCUT2D eigenvalue weighted by Crippen LogP contribution is 2.55. The van der Waals surface area contributed by atoms with E-state index in [1.54, 1.807) is 0 Å². The first-order chi connectivity index (χ1) is 7.65. The normalized spacial score (nSPS) is 19.7. The lowest BCUT2D eigenvalue weighted by Crippen LogP contribution is -2.10. The first-order valence-electron chi connectivity index (χ1n) is 5.05. The van der Waals surface area contributed by atoms with Gasteiger partial charge in [-0.3, -0.25) is 0 Å². The summed E-state index contributed by atoms with van der Waals surface area (Å²) in [7, 11) is 1.38. The second-order valence-corrected chi connectivity index (χ2v) is 4.03. The van der Waals surface area contributed by atoms with Crippen LogP contribution in [0.4, 0.5) is 4.39 Å². The number of hydrogen-bond donors (Lipinski definition) is 1. The molecule has 1 heterocycles. The molecule has 1 aromatic carbocycles. The maximum absolute atomic E-state index is 14.0. The maximum Gasteiger partial charge on any atom is 0.231 e. The predicted octanol–water partition coefficient (Wildman–Crippen LogP) is 1.54. The fourth-order valence-corrected chi connectivity index (χ4v) is 1.93. The van der Waals surface area contributed by atoms with E-state index in [-0.39, 0.29) is 18.1 Å². The molecule has 0 saturated heterocycles. The molecule has 0 bridgehead atoms. The van der Waals surface area contributed by atoms with Crippen LogP contribution in [-0.2, 0) is 5.60 Å². The SMILES string of the molecule is COc1cc2c(c(C3(O)CC3)c1F)OCO2. The van der Waals surface area contributed by atoms with Gasteiger partial charge < -0.3 is 19.3 Å². The van der Waals surface area contributed by atoms with E-state index in [2.05, 4.69) is 0 Å². The molecule has 2 aliphatic rings. The highest BCUT2D eigenvalue weighted by Gasteiger charge is 2.49. The third-order valence-electron chi connectivity index (χ3n) is 2.98. The third kappa shape index (κ3) is 1.18. The Bertz CT molecular complexity index is 453. The number of benzene rings is 1. The smallest absolute Gasteiger partial charge is 0.231 e. The molecule has 0 aromatic heterocycles. The van der Waals surface area contributed by atoms with Gasteiger partial charge >= 0.3 is 0 Å². The zero-order valence-electron chi connectivity index (χ0n) is 8.75. The lowest BCUT2D eigenvalue weighted by molar-refractivity contribution is 0.135. The van der Waals surface area contributed by atoms with Crippen LogP contribution in [0.3, 0.4) is 0 Å². The predicted molar refractivity (Wildman–Crippen MR) is 52.2 cm³/mol. The molecule has 5 heteroatoms. The van der Waals surface area contributed by atoms with E-state index in [0.717, 1.165) is 0 Å². The van der Waals surface area contributed by atoms with Crippen molar-refractivity contribution in [1.82, 2.24) is 0 Å². The lowest BCUT2D eigenvalue weighted by Gasteiger charge is -2.14. The number of fused-ring (bicyclic) bond motifs is 1. The molecule has 0 radical (unpaired) electrons. The van der Waals surface area contributed by atoms with Gasteiger partial charge in [0.25, 0.3) is 0 Å². The van der Waals surface area contributed by atoms with E-state index in [9.17, 15) is 9.50 Å². The van der Waals surface area contributed by atoms with Crippen LogP contribution in [0, 0.1) is 5.82 Å². The molecule has 86 valence electrons. The molecule has 1 aliphatic heterocycles. The molecule has 16 heavy (non-hydrogen) atoms. The first-order valence-corrected chi connectivity index (χ1v) is 5.05. The van der Waals surface area contributed by atoms with Gasteiger partial charge in [0.05, 0.1) is 18.3 Å². The fourth-order valence-electron chi connectivity index (χ4n) is 1.93. The molecule has 0 unspecified atom stereocenters. The van der Waals surface area contributed by atoms with Gasteiger partial charge in [-0.2, -0.15) is 0 Å². The van der Waals surface area contributed by atoms with Gasteiger partial charge in [0.15, 0.2) is 23.1 Å². The first kappa shape index (κ1) is 9.72. The summed E-state index contributed by atoms with van der Waals surface area (Å²) in [5.74, 6) is 0.234. The van der Waals surface area contributed by atoms with Crippen LogP contribution in [0.5, 0.6) is 17.2 Å². The van der Waals surface area contributed by atoms with Crippen molar-refractivity contribution in [2.45, 2.75) is 18.4 Å². The highest BCUT2D eigenvalue weighted by atomic mass is 19.1. The van der Waals surface area contributed by atoms with Crippen molar-refractivity contribution in [3.63, 3.8) is 0 Å². The maximum atomic E-state index is 14.0. The number of ether oxygens (including phenoxy) is 3. The Morgan fingerprint density at radius 1 is 1.44 bits per heavy atom. The van der Waals surface area contributed by atoms with E-state index in [1.165, 1.54) is 13.2 Å². The number of aliphatic hydroxyl groups is 1. The summed E-state index contributed by atoms with van der Waals surface area (Å²) in [4.78, 5) is 0. The molecule has 3 rings (SSSR count). The minimum Gasteiger partial charge on any atom is -0.494 e. The minimum atomic E-state index is -1.11. The molecular weight excluding hydrogens is 215 g/mol. The molecule has 1 aromatic rings. The molecule has 1 aliphatic carbocycles. The Balaban J connectivity index is 2.24. The molecule has 1 saturated carbocycles.